The first-order valence-electron chi connectivity index (χ1n) is 12.1. The van der Waals surface area contributed by atoms with Crippen LogP contribution in [0, 0.1) is 0 Å². The first kappa shape index (κ1) is 24.8. The molecule has 0 radical (unpaired) electrons. The molecule has 0 aliphatic carbocycles. The molecule has 0 saturated heterocycles. The van der Waals surface area contributed by atoms with Crippen LogP contribution in [0.2, 0.25) is 0 Å². The van der Waals surface area contributed by atoms with Crippen LogP contribution < -0.4 is 15.0 Å². The van der Waals surface area contributed by atoms with Crippen LogP contribution in [-0.2, 0) is 9.53 Å². The summed E-state index contributed by atoms with van der Waals surface area (Å²) in [6, 6.07) is 21.6. The van der Waals surface area contributed by atoms with E-state index in [0.29, 0.717) is 33.6 Å². The normalized spacial score (nSPS) is 12.2. The molecule has 0 bridgehead atoms. The van der Waals surface area contributed by atoms with Gasteiger partial charge < -0.3 is 18.6 Å². The number of rotatable bonds is 8. The molecule has 0 spiro atoms. The molecule has 5 rings (SSSR count). The van der Waals surface area contributed by atoms with Crippen LogP contribution in [0.1, 0.15) is 19.4 Å². The molecule has 0 saturated carbocycles. The zero-order valence-electron chi connectivity index (χ0n) is 21.1. The summed E-state index contributed by atoms with van der Waals surface area (Å²) < 4.78 is 23.6. The van der Waals surface area contributed by atoms with E-state index in [2.05, 4.69) is 5.10 Å². The number of hydrogen-bond donors (Lipinski definition) is 0. The number of esters is 1. The highest BCUT2D eigenvalue weighted by Gasteiger charge is 2.21. The minimum atomic E-state index is -0.894. The molecule has 1 atom stereocenters. The molecule has 3 aromatic carbocycles. The first-order valence-corrected chi connectivity index (χ1v) is 12.1. The van der Waals surface area contributed by atoms with Gasteiger partial charge in [-0.1, -0.05) is 36.4 Å². The minimum absolute atomic E-state index is 0.231. The molecule has 38 heavy (non-hydrogen) atoms. The highest BCUT2D eigenvalue weighted by molar-refractivity contribution is 5.87. The number of furan rings is 1. The molecular weight excluding hydrogens is 486 g/mol. The summed E-state index contributed by atoms with van der Waals surface area (Å²) in [5, 5.41) is 5.78. The average molecular weight is 512 g/mol. The molecule has 192 valence electrons. The molecule has 0 aliphatic rings. The van der Waals surface area contributed by atoms with Gasteiger partial charge in [-0.05, 0) is 50.2 Å². The molecule has 0 fully saturated rings. The van der Waals surface area contributed by atoms with E-state index in [0.717, 1.165) is 5.39 Å². The number of methoxy groups -OCH3 is 1. The number of fused-ring (bicyclic) bond motifs is 2. The van der Waals surface area contributed by atoms with Gasteiger partial charge in [0.05, 0.1) is 30.8 Å². The van der Waals surface area contributed by atoms with E-state index in [9.17, 15) is 9.59 Å². The number of aromatic nitrogens is 2. The van der Waals surface area contributed by atoms with Gasteiger partial charge in [0, 0.05) is 10.9 Å². The third-order valence-electron chi connectivity index (χ3n) is 5.85. The Morgan fingerprint density at radius 3 is 2.68 bits per heavy atom. The highest BCUT2D eigenvalue weighted by atomic mass is 16.6. The summed E-state index contributed by atoms with van der Waals surface area (Å²) in [6.45, 7) is 3.54. The molecular formula is C29H25N3O6. The molecule has 2 aromatic heterocycles. The number of benzene rings is 3. The van der Waals surface area contributed by atoms with Crippen LogP contribution in [0.4, 0.5) is 0 Å². The van der Waals surface area contributed by atoms with Crippen LogP contribution in [0.3, 0.4) is 0 Å². The van der Waals surface area contributed by atoms with Gasteiger partial charge in [0.2, 0.25) is 5.82 Å². The Balaban J connectivity index is 1.64. The van der Waals surface area contributed by atoms with Crippen molar-refractivity contribution >= 4 is 34.1 Å². The number of nitrogens with zero attached hydrogens (tertiary/aromatic N) is 3. The van der Waals surface area contributed by atoms with Gasteiger partial charge in [0.25, 0.3) is 5.56 Å². The van der Waals surface area contributed by atoms with Crippen molar-refractivity contribution in [1.29, 1.82) is 0 Å². The lowest BCUT2D eigenvalue weighted by Crippen LogP contribution is -2.26. The minimum Gasteiger partial charge on any atom is -0.493 e. The Bertz CT molecular complexity index is 1690. The third-order valence-corrected chi connectivity index (χ3v) is 5.85. The monoisotopic (exact) mass is 511 g/mol. The van der Waals surface area contributed by atoms with E-state index in [1.54, 1.807) is 50.2 Å². The maximum Gasteiger partial charge on any atom is 0.347 e. The highest BCUT2D eigenvalue weighted by Crippen LogP contribution is 2.32. The van der Waals surface area contributed by atoms with E-state index >= 15 is 0 Å². The fourth-order valence-corrected chi connectivity index (χ4v) is 4.01. The lowest BCUT2D eigenvalue weighted by atomic mass is 10.2. The molecule has 9 heteroatoms. The molecule has 5 aromatic rings. The van der Waals surface area contributed by atoms with E-state index in [-0.39, 0.29) is 23.7 Å². The van der Waals surface area contributed by atoms with Crippen molar-refractivity contribution in [2.24, 2.45) is 5.10 Å². The Morgan fingerprint density at radius 1 is 1.11 bits per heavy atom. The van der Waals surface area contributed by atoms with Crippen LogP contribution in [0.5, 0.6) is 11.5 Å². The second-order valence-electron chi connectivity index (χ2n) is 8.35. The summed E-state index contributed by atoms with van der Waals surface area (Å²) in [4.78, 5) is 30.5. The van der Waals surface area contributed by atoms with Gasteiger partial charge in [-0.15, -0.1) is 0 Å². The first-order chi connectivity index (χ1) is 18.5. The molecule has 0 amide bonds. The van der Waals surface area contributed by atoms with Crippen LogP contribution in [0.25, 0.3) is 33.5 Å². The van der Waals surface area contributed by atoms with E-state index in [4.69, 9.17) is 23.6 Å². The van der Waals surface area contributed by atoms with E-state index in [1.807, 2.05) is 36.4 Å². The Hall–Kier alpha value is -4.92. The third kappa shape index (κ3) is 4.73. The zero-order valence-corrected chi connectivity index (χ0v) is 21.1. The van der Waals surface area contributed by atoms with E-state index in [1.165, 1.54) is 18.0 Å². The maximum atomic E-state index is 13.6. The molecule has 0 aliphatic heterocycles. The van der Waals surface area contributed by atoms with Gasteiger partial charge in [0.1, 0.15) is 5.58 Å². The summed E-state index contributed by atoms with van der Waals surface area (Å²) in [5.41, 5.74) is 1.30. The van der Waals surface area contributed by atoms with Crippen molar-refractivity contribution < 1.29 is 23.4 Å². The summed E-state index contributed by atoms with van der Waals surface area (Å²) >= 11 is 0. The van der Waals surface area contributed by atoms with Crippen molar-refractivity contribution in [2.45, 2.75) is 20.0 Å². The number of carbonyl (C=O) groups is 1. The number of carbonyl (C=O) groups excluding carboxylic acids is 1. The Morgan fingerprint density at radius 2 is 1.89 bits per heavy atom. The van der Waals surface area contributed by atoms with Crippen LogP contribution in [-0.4, -0.2) is 41.7 Å². The molecule has 0 unspecified atom stereocenters. The molecule has 0 N–H and O–H groups in total. The number of ether oxygens (including phenoxy) is 3. The van der Waals surface area contributed by atoms with Gasteiger partial charge in [0.15, 0.2) is 23.4 Å². The molecule has 9 nitrogen and oxygen atoms in total. The lowest BCUT2D eigenvalue weighted by Gasteiger charge is -2.17. The summed E-state index contributed by atoms with van der Waals surface area (Å²) in [6.07, 6.45) is 0.564. The van der Waals surface area contributed by atoms with Crippen LogP contribution in [0.15, 0.2) is 87.1 Å². The van der Waals surface area contributed by atoms with Crippen LogP contribution >= 0.6 is 0 Å². The number of para-hydroxylation sites is 3. The maximum absolute atomic E-state index is 13.6. The van der Waals surface area contributed by atoms with Crippen molar-refractivity contribution in [1.82, 2.24) is 9.66 Å². The predicted molar refractivity (Wildman–Crippen MR) is 144 cm³/mol. The van der Waals surface area contributed by atoms with Gasteiger partial charge in [-0.25, -0.2) is 9.78 Å². The summed E-state index contributed by atoms with van der Waals surface area (Å²) in [5.74, 6) is 0.803. The second kappa shape index (κ2) is 10.6. The largest absolute Gasteiger partial charge is 0.493 e. The van der Waals surface area contributed by atoms with Crippen molar-refractivity contribution in [2.75, 3.05) is 13.7 Å². The molecule has 2 heterocycles. The predicted octanol–water partition coefficient (Wildman–Crippen LogP) is 5.03. The topological polar surface area (TPSA) is 105 Å². The SMILES string of the molecule is CCOC(=O)[C@@H](C)Oc1c(C=Nn2c(-c3cc4ccccc4o3)nc3ccccc3c2=O)cccc1OC. The van der Waals surface area contributed by atoms with Gasteiger partial charge in [-0.2, -0.15) is 9.78 Å². The number of hydrogen-bond acceptors (Lipinski definition) is 8. The van der Waals surface area contributed by atoms with Gasteiger partial charge >= 0.3 is 5.97 Å². The Kier molecular flexibility index (Phi) is 6.90. The van der Waals surface area contributed by atoms with Gasteiger partial charge in [-0.3, -0.25) is 4.79 Å². The van der Waals surface area contributed by atoms with Crippen molar-refractivity contribution in [3.05, 3.63) is 88.7 Å². The Labute approximate surface area is 217 Å². The standard InChI is InChI=1S/C29H25N3O6/c1-4-36-29(34)18(2)37-26-20(11-9-15-24(26)35-3)17-30-32-27(25-16-19-10-5-8-14-23(19)38-25)31-22-13-7-6-12-21(22)28(32)33/h5-18H,4H2,1-3H3/t18-/m1/s1. The summed E-state index contributed by atoms with van der Waals surface area (Å²) in [7, 11) is 1.50. The zero-order chi connectivity index (χ0) is 26.6. The van der Waals surface area contributed by atoms with Crippen molar-refractivity contribution in [3.63, 3.8) is 0 Å². The fourth-order valence-electron chi connectivity index (χ4n) is 4.01. The quantitative estimate of drug-likeness (QED) is 0.212. The average Bonchev–Trinajstić information content (AvgIpc) is 3.37. The van der Waals surface area contributed by atoms with Crippen molar-refractivity contribution in [3.8, 4) is 23.1 Å². The fraction of sp³-hybridized carbons (Fsp3) is 0.172. The van der Waals surface area contributed by atoms with E-state index < -0.39 is 12.1 Å². The second-order valence-corrected chi connectivity index (χ2v) is 8.35. The lowest BCUT2D eigenvalue weighted by molar-refractivity contribution is -0.150. The smallest absolute Gasteiger partial charge is 0.347 e.